The number of carbonyl (C=O) groups excluding carboxylic acids is 1. The maximum Gasteiger partial charge on any atom is 0.308 e. The molecule has 0 saturated carbocycles. The minimum Gasteiger partial charge on any atom is -0.466 e. The number of rotatable bonds is 5. The van der Waals surface area contributed by atoms with Gasteiger partial charge in [0.25, 0.3) is 0 Å². The van der Waals surface area contributed by atoms with Crippen LogP contribution in [-0.2, 0) is 9.53 Å². The van der Waals surface area contributed by atoms with Gasteiger partial charge in [0.2, 0.25) is 6.54 Å². The lowest BCUT2D eigenvalue weighted by Crippen LogP contribution is -2.14. The predicted octanol–water partition coefficient (Wildman–Crippen LogP) is 1.89. The number of hydrogen-bond donors (Lipinski definition) is 0. The first kappa shape index (κ1) is 11.0. The van der Waals surface area contributed by atoms with E-state index in [1.165, 1.54) is 0 Å². The SMILES string of the molecule is [C-]#[N+]CCCC(C)C(=O)OCC. The summed E-state index contributed by atoms with van der Waals surface area (Å²) >= 11 is 0. The lowest BCUT2D eigenvalue weighted by molar-refractivity contribution is -0.147. The Kier molecular flexibility index (Phi) is 6.08. The molecule has 0 aromatic carbocycles. The Bertz CT molecular complexity index is 172. The van der Waals surface area contributed by atoms with Crippen molar-refractivity contribution >= 4 is 5.97 Å². The van der Waals surface area contributed by atoms with Crippen LogP contribution in [-0.4, -0.2) is 19.1 Å². The van der Waals surface area contributed by atoms with Crippen molar-refractivity contribution < 1.29 is 9.53 Å². The Morgan fingerprint density at radius 1 is 1.67 bits per heavy atom. The average molecular weight is 169 g/mol. The van der Waals surface area contributed by atoms with Crippen molar-refractivity contribution in [3.8, 4) is 0 Å². The Balaban J connectivity index is 3.51. The molecular weight excluding hydrogens is 154 g/mol. The standard InChI is InChI=1S/C9H15NO2/c1-4-12-9(11)8(2)6-5-7-10-3/h8H,4-7H2,1-2H3. The molecule has 0 spiro atoms. The molecule has 0 radical (unpaired) electrons. The predicted molar refractivity (Wildman–Crippen MR) is 46.5 cm³/mol. The van der Waals surface area contributed by atoms with Crippen LogP contribution in [0.25, 0.3) is 4.85 Å². The van der Waals surface area contributed by atoms with Crippen LogP contribution in [0.15, 0.2) is 0 Å². The number of hydrogen-bond acceptors (Lipinski definition) is 2. The average Bonchev–Trinajstić information content (AvgIpc) is 2.05. The summed E-state index contributed by atoms with van der Waals surface area (Å²) in [6.45, 7) is 11.1. The third kappa shape index (κ3) is 4.73. The molecule has 1 atom stereocenters. The fourth-order valence-corrected chi connectivity index (χ4v) is 0.879. The first-order chi connectivity index (χ1) is 5.72. The molecule has 0 bridgehead atoms. The third-order valence-corrected chi connectivity index (χ3v) is 1.60. The van der Waals surface area contributed by atoms with Crippen LogP contribution in [0, 0.1) is 12.5 Å². The van der Waals surface area contributed by atoms with Crippen LogP contribution in [0.5, 0.6) is 0 Å². The van der Waals surface area contributed by atoms with Crippen LogP contribution in [0.2, 0.25) is 0 Å². The summed E-state index contributed by atoms with van der Waals surface area (Å²) in [5, 5.41) is 0. The van der Waals surface area contributed by atoms with E-state index in [1.54, 1.807) is 6.92 Å². The van der Waals surface area contributed by atoms with Crippen LogP contribution in [0.3, 0.4) is 0 Å². The van der Waals surface area contributed by atoms with E-state index in [9.17, 15) is 4.79 Å². The fraction of sp³-hybridized carbons (Fsp3) is 0.778. The zero-order valence-electron chi connectivity index (χ0n) is 7.67. The Labute approximate surface area is 73.5 Å². The molecular formula is C9H15NO2. The zero-order chi connectivity index (χ0) is 9.40. The second kappa shape index (κ2) is 6.66. The van der Waals surface area contributed by atoms with Gasteiger partial charge < -0.3 is 9.58 Å². The largest absolute Gasteiger partial charge is 0.466 e. The van der Waals surface area contributed by atoms with Gasteiger partial charge in [0.1, 0.15) is 0 Å². The number of ether oxygens (including phenoxy) is 1. The van der Waals surface area contributed by atoms with Gasteiger partial charge in [0.15, 0.2) is 0 Å². The number of esters is 1. The van der Waals surface area contributed by atoms with E-state index in [0.717, 1.165) is 12.8 Å². The summed E-state index contributed by atoms with van der Waals surface area (Å²) in [5.74, 6) is -0.214. The molecule has 0 aliphatic carbocycles. The lowest BCUT2D eigenvalue weighted by Gasteiger charge is -2.07. The van der Waals surface area contributed by atoms with Crippen molar-refractivity contribution in [3.05, 3.63) is 11.4 Å². The molecule has 0 saturated heterocycles. The smallest absolute Gasteiger partial charge is 0.308 e. The molecule has 12 heavy (non-hydrogen) atoms. The molecule has 0 rings (SSSR count). The quantitative estimate of drug-likeness (QED) is 0.357. The van der Waals surface area contributed by atoms with Crippen molar-refractivity contribution in [3.63, 3.8) is 0 Å². The molecule has 0 aliphatic rings. The molecule has 68 valence electrons. The summed E-state index contributed by atoms with van der Waals surface area (Å²) in [6, 6.07) is 0. The fourth-order valence-electron chi connectivity index (χ4n) is 0.879. The van der Waals surface area contributed by atoms with Gasteiger partial charge in [-0.2, -0.15) is 0 Å². The van der Waals surface area contributed by atoms with Gasteiger partial charge in [0, 0.05) is 6.42 Å². The Hall–Kier alpha value is -1.04. The van der Waals surface area contributed by atoms with Gasteiger partial charge in [-0.25, -0.2) is 6.57 Å². The summed E-state index contributed by atoms with van der Waals surface area (Å²) in [7, 11) is 0. The number of nitrogens with zero attached hydrogens (tertiary/aromatic N) is 1. The normalized spacial score (nSPS) is 11.8. The molecule has 0 amide bonds. The highest BCUT2D eigenvalue weighted by Crippen LogP contribution is 2.07. The minimum atomic E-state index is -0.150. The Morgan fingerprint density at radius 2 is 2.33 bits per heavy atom. The molecule has 1 unspecified atom stereocenters. The molecule has 0 heterocycles. The molecule has 0 aromatic rings. The van der Waals surface area contributed by atoms with Gasteiger partial charge in [-0.1, -0.05) is 6.92 Å². The molecule has 0 aromatic heterocycles. The molecule has 0 N–H and O–H groups in total. The summed E-state index contributed by atoms with van der Waals surface area (Å²) in [4.78, 5) is 14.2. The monoisotopic (exact) mass is 169 g/mol. The van der Waals surface area contributed by atoms with Gasteiger partial charge >= 0.3 is 5.97 Å². The van der Waals surface area contributed by atoms with E-state index in [1.807, 2.05) is 6.92 Å². The molecule has 3 nitrogen and oxygen atoms in total. The third-order valence-electron chi connectivity index (χ3n) is 1.60. The van der Waals surface area contributed by atoms with E-state index in [2.05, 4.69) is 4.85 Å². The van der Waals surface area contributed by atoms with Crippen molar-refractivity contribution in [2.45, 2.75) is 26.7 Å². The van der Waals surface area contributed by atoms with Crippen LogP contribution >= 0.6 is 0 Å². The van der Waals surface area contributed by atoms with Crippen LogP contribution in [0.1, 0.15) is 26.7 Å². The van der Waals surface area contributed by atoms with Crippen molar-refractivity contribution in [2.75, 3.05) is 13.2 Å². The summed E-state index contributed by atoms with van der Waals surface area (Å²) in [5.41, 5.74) is 0. The van der Waals surface area contributed by atoms with Crippen LogP contribution in [0.4, 0.5) is 0 Å². The topological polar surface area (TPSA) is 30.7 Å². The summed E-state index contributed by atoms with van der Waals surface area (Å²) < 4.78 is 4.82. The van der Waals surface area contributed by atoms with E-state index in [0.29, 0.717) is 13.2 Å². The first-order valence-electron chi connectivity index (χ1n) is 4.22. The van der Waals surface area contributed by atoms with E-state index >= 15 is 0 Å². The zero-order valence-corrected chi connectivity index (χ0v) is 7.67. The first-order valence-corrected chi connectivity index (χ1v) is 4.22. The minimum absolute atomic E-state index is 0.0632. The van der Waals surface area contributed by atoms with Gasteiger partial charge in [-0.3, -0.25) is 4.79 Å². The van der Waals surface area contributed by atoms with Crippen molar-refractivity contribution in [2.24, 2.45) is 5.92 Å². The van der Waals surface area contributed by atoms with E-state index in [-0.39, 0.29) is 11.9 Å². The van der Waals surface area contributed by atoms with E-state index < -0.39 is 0 Å². The van der Waals surface area contributed by atoms with Gasteiger partial charge in [0.05, 0.1) is 12.5 Å². The highest BCUT2D eigenvalue weighted by molar-refractivity contribution is 5.71. The maximum absolute atomic E-state index is 11.0. The highest BCUT2D eigenvalue weighted by Gasteiger charge is 2.13. The van der Waals surface area contributed by atoms with Gasteiger partial charge in [-0.15, -0.1) is 0 Å². The maximum atomic E-state index is 11.0. The Morgan fingerprint density at radius 3 is 2.83 bits per heavy atom. The number of carbonyl (C=O) groups is 1. The van der Waals surface area contributed by atoms with E-state index in [4.69, 9.17) is 11.3 Å². The van der Waals surface area contributed by atoms with Gasteiger partial charge in [-0.05, 0) is 13.3 Å². The molecule has 0 fully saturated rings. The molecule has 3 heteroatoms. The lowest BCUT2D eigenvalue weighted by atomic mass is 10.1. The summed E-state index contributed by atoms with van der Waals surface area (Å²) in [6.07, 6.45) is 1.53. The second-order valence-electron chi connectivity index (χ2n) is 2.68. The van der Waals surface area contributed by atoms with Crippen molar-refractivity contribution in [1.82, 2.24) is 0 Å². The van der Waals surface area contributed by atoms with Crippen molar-refractivity contribution in [1.29, 1.82) is 0 Å². The molecule has 0 aliphatic heterocycles. The second-order valence-corrected chi connectivity index (χ2v) is 2.68. The highest BCUT2D eigenvalue weighted by atomic mass is 16.5. The van der Waals surface area contributed by atoms with Crippen LogP contribution < -0.4 is 0 Å².